The molecule has 0 unspecified atom stereocenters. The molecule has 1 aliphatic rings. The number of methoxy groups -OCH3 is 1. The largest absolute Gasteiger partial charge is 0.453 e. The van der Waals surface area contributed by atoms with Gasteiger partial charge in [-0.05, 0) is 12.1 Å². The third-order valence-corrected chi connectivity index (χ3v) is 4.97. The van der Waals surface area contributed by atoms with Crippen molar-refractivity contribution in [1.82, 2.24) is 0 Å². The molecule has 29 heavy (non-hydrogen) atoms. The van der Waals surface area contributed by atoms with Crippen LogP contribution >= 0.6 is 0 Å². The summed E-state index contributed by atoms with van der Waals surface area (Å²) in [6.07, 6.45) is -6.09. The molecule has 1 N–H and O–H groups in total. The van der Waals surface area contributed by atoms with Crippen LogP contribution in [-0.4, -0.2) is 84.8 Å². The molecule has 0 aliphatic carbocycles. The molecule has 164 valence electrons. The van der Waals surface area contributed by atoms with E-state index in [9.17, 15) is 26.7 Å². The topological polar surface area (TPSA) is 152 Å². The van der Waals surface area contributed by atoms with E-state index >= 15 is 0 Å². The first-order chi connectivity index (χ1) is 13.4. The summed E-state index contributed by atoms with van der Waals surface area (Å²) in [6.45, 7) is -0.707. The Morgan fingerprint density at radius 3 is 2.03 bits per heavy atom. The highest BCUT2D eigenvalue weighted by molar-refractivity contribution is 7.86. The minimum atomic E-state index is -4.17. The molecular formula is C16H22O11S2. The van der Waals surface area contributed by atoms with Gasteiger partial charge in [-0.1, -0.05) is 18.2 Å². The van der Waals surface area contributed by atoms with Crippen LogP contribution in [0.15, 0.2) is 30.3 Å². The first-order valence-corrected chi connectivity index (χ1v) is 11.9. The molecule has 0 spiro atoms. The standard InChI is InChI=1S/C16H22O11S2/c1-23-16-14(27-29(3,21)22)13(26-28(2,19)20)12(11(9-17)24-16)25-15(18)10-7-5-4-6-8-10/h4-8,11-14,16-17H,9H2,1-3H3/t11-,12-,13+,14-,16+/m1/s1. The van der Waals surface area contributed by atoms with Crippen LogP contribution in [0.5, 0.6) is 0 Å². The lowest BCUT2D eigenvalue weighted by molar-refractivity contribution is -0.282. The van der Waals surface area contributed by atoms with E-state index in [0.717, 1.165) is 19.6 Å². The number of esters is 1. The highest BCUT2D eigenvalue weighted by atomic mass is 32.2. The first-order valence-electron chi connectivity index (χ1n) is 8.27. The van der Waals surface area contributed by atoms with Crippen LogP contribution in [0.2, 0.25) is 0 Å². The second kappa shape index (κ2) is 9.47. The van der Waals surface area contributed by atoms with Gasteiger partial charge in [-0.2, -0.15) is 16.8 Å². The van der Waals surface area contributed by atoms with Gasteiger partial charge in [0.15, 0.2) is 18.5 Å². The lowest BCUT2D eigenvalue weighted by atomic mass is 9.99. The van der Waals surface area contributed by atoms with Gasteiger partial charge < -0.3 is 19.3 Å². The Morgan fingerprint density at radius 2 is 1.55 bits per heavy atom. The number of rotatable bonds is 8. The molecular weight excluding hydrogens is 432 g/mol. The molecule has 1 aromatic carbocycles. The second-order valence-corrected chi connectivity index (χ2v) is 9.43. The fraction of sp³-hybridized carbons (Fsp3) is 0.562. The number of ether oxygens (including phenoxy) is 3. The van der Waals surface area contributed by atoms with E-state index in [4.69, 9.17) is 22.6 Å². The van der Waals surface area contributed by atoms with Gasteiger partial charge in [0.25, 0.3) is 20.2 Å². The van der Waals surface area contributed by atoms with Gasteiger partial charge in [0.2, 0.25) is 0 Å². The molecule has 5 atom stereocenters. The van der Waals surface area contributed by atoms with Crippen molar-refractivity contribution < 1.29 is 49.3 Å². The molecule has 0 aromatic heterocycles. The summed E-state index contributed by atoms with van der Waals surface area (Å²) in [7, 11) is -7.13. The van der Waals surface area contributed by atoms with Crippen molar-refractivity contribution in [3.05, 3.63) is 35.9 Å². The first kappa shape index (κ1) is 23.7. The van der Waals surface area contributed by atoms with Crippen LogP contribution in [-0.2, 0) is 42.8 Å². The fourth-order valence-corrected chi connectivity index (χ4v) is 3.97. The molecule has 1 saturated heterocycles. The zero-order valence-corrected chi connectivity index (χ0v) is 17.5. The van der Waals surface area contributed by atoms with Crippen molar-refractivity contribution in [2.75, 3.05) is 26.2 Å². The van der Waals surface area contributed by atoms with Gasteiger partial charge in [-0.3, -0.25) is 8.37 Å². The molecule has 0 amide bonds. The molecule has 0 saturated carbocycles. The fourth-order valence-electron chi connectivity index (χ4n) is 2.74. The molecule has 1 heterocycles. The Balaban J connectivity index is 2.45. The number of hydrogen-bond acceptors (Lipinski definition) is 11. The summed E-state index contributed by atoms with van der Waals surface area (Å²) in [5.41, 5.74) is 0.136. The highest BCUT2D eigenvalue weighted by Gasteiger charge is 2.52. The zero-order chi connectivity index (χ0) is 21.8. The van der Waals surface area contributed by atoms with E-state index < -0.39 is 63.5 Å². The SMILES string of the molecule is CO[C@H]1O[C@H](CO)[C@@H](OC(=O)c2ccccc2)[C@H](OS(C)(=O)=O)[C@H]1OS(C)(=O)=O. The number of carbonyl (C=O) groups is 1. The Morgan fingerprint density at radius 1 is 1.00 bits per heavy atom. The van der Waals surface area contributed by atoms with Crippen LogP contribution in [0, 0.1) is 0 Å². The van der Waals surface area contributed by atoms with Crippen molar-refractivity contribution in [1.29, 1.82) is 0 Å². The summed E-state index contributed by atoms with van der Waals surface area (Å²) in [6, 6.07) is 7.74. The van der Waals surface area contributed by atoms with E-state index in [0.29, 0.717) is 0 Å². The van der Waals surface area contributed by atoms with Crippen LogP contribution in [0.4, 0.5) is 0 Å². The minimum Gasteiger partial charge on any atom is -0.453 e. The molecule has 13 heteroatoms. The third-order valence-electron chi connectivity index (χ3n) is 3.83. The number of aliphatic hydroxyl groups is 1. The predicted molar refractivity (Wildman–Crippen MR) is 97.8 cm³/mol. The maximum absolute atomic E-state index is 12.5. The molecule has 2 rings (SSSR count). The van der Waals surface area contributed by atoms with Gasteiger partial charge in [-0.25, -0.2) is 4.79 Å². The number of aliphatic hydroxyl groups excluding tert-OH is 1. The van der Waals surface area contributed by atoms with E-state index in [1.54, 1.807) is 18.2 Å². The Kier molecular flexibility index (Phi) is 7.73. The number of hydrogen-bond donors (Lipinski definition) is 1. The van der Waals surface area contributed by atoms with Gasteiger partial charge in [0.1, 0.15) is 12.2 Å². The average molecular weight is 454 g/mol. The maximum atomic E-state index is 12.5. The molecule has 0 bridgehead atoms. The monoisotopic (exact) mass is 454 g/mol. The van der Waals surface area contributed by atoms with E-state index in [-0.39, 0.29) is 5.56 Å². The van der Waals surface area contributed by atoms with E-state index in [2.05, 4.69) is 0 Å². The van der Waals surface area contributed by atoms with Crippen molar-refractivity contribution in [2.45, 2.75) is 30.7 Å². The Labute approximate surface area is 168 Å². The van der Waals surface area contributed by atoms with Crippen molar-refractivity contribution in [2.24, 2.45) is 0 Å². The van der Waals surface area contributed by atoms with E-state index in [1.807, 2.05) is 0 Å². The summed E-state index contributed by atoms with van der Waals surface area (Å²) < 4.78 is 72.6. The average Bonchev–Trinajstić information content (AvgIpc) is 2.63. The summed E-state index contributed by atoms with van der Waals surface area (Å²) in [5.74, 6) is -0.867. The normalized spacial score (nSPS) is 28.1. The molecule has 1 fully saturated rings. The van der Waals surface area contributed by atoms with Gasteiger partial charge >= 0.3 is 5.97 Å². The third kappa shape index (κ3) is 6.70. The van der Waals surface area contributed by atoms with Crippen molar-refractivity contribution in [3.8, 4) is 0 Å². The highest BCUT2D eigenvalue weighted by Crippen LogP contribution is 2.31. The lowest BCUT2D eigenvalue weighted by Crippen LogP contribution is -2.62. The zero-order valence-electron chi connectivity index (χ0n) is 15.8. The number of carbonyl (C=O) groups excluding carboxylic acids is 1. The lowest BCUT2D eigenvalue weighted by Gasteiger charge is -2.43. The summed E-state index contributed by atoms with van der Waals surface area (Å²) in [5, 5.41) is 9.66. The Hall–Kier alpha value is -1.61. The van der Waals surface area contributed by atoms with Crippen molar-refractivity contribution in [3.63, 3.8) is 0 Å². The molecule has 0 radical (unpaired) electrons. The molecule has 1 aromatic rings. The minimum absolute atomic E-state index is 0.136. The van der Waals surface area contributed by atoms with Crippen LogP contribution in [0.25, 0.3) is 0 Å². The molecule has 11 nitrogen and oxygen atoms in total. The number of benzene rings is 1. The second-order valence-electron chi connectivity index (χ2n) is 6.23. The van der Waals surface area contributed by atoms with Crippen molar-refractivity contribution >= 4 is 26.2 Å². The van der Waals surface area contributed by atoms with E-state index in [1.165, 1.54) is 12.1 Å². The maximum Gasteiger partial charge on any atom is 0.338 e. The summed E-state index contributed by atoms with van der Waals surface area (Å²) >= 11 is 0. The predicted octanol–water partition coefficient (Wildman–Crippen LogP) is -0.735. The summed E-state index contributed by atoms with van der Waals surface area (Å²) in [4.78, 5) is 12.5. The van der Waals surface area contributed by atoms with Gasteiger partial charge in [0, 0.05) is 7.11 Å². The molecule has 1 aliphatic heterocycles. The smallest absolute Gasteiger partial charge is 0.338 e. The van der Waals surface area contributed by atoms with Gasteiger partial charge in [-0.15, -0.1) is 0 Å². The van der Waals surface area contributed by atoms with Crippen LogP contribution in [0.3, 0.4) is 0 Å². The Bertz CT molecular complexity index is 898. The quantitative estimate of drug-likeness (QED) is 0.391. The van der Waals surface area contributed by atoms with Gasteiger partial charge in [0.05, 0.1) is 24.7 Å². The van der Waals surface area contributed by atoms with Crippen LogP contribution < -0.4 is 0 Å². The van der Waals surface area contributed by atoms with Crippen LogP contribution in [0.1, 0.15) is 10.4 Å².